The molecule has 0 heterocycles. The lowest BCUT2D eigenvalue weighted by Crippen LogP contribution is -2.13. The van der Waals surface area contributed by atoms with E-state index in [0.29, 0.717) is 25.0 Å². The van der Waals surface area contributed by atoms with Gasteiger partial charge in [0.1, 0.15) is 0 Å². The number of hydrogen-bond acceptors (Lipinski definition) is 3. The second kappa shape index (κ2) is 23.8. The zero-order chi connectivity index (χ0) is 24.6. The van der Waals surface area contributed by atoms with Crippen molar-refractivity contribution in [2.45, 2.75) is 156 Å². The Hall–Kier alpha value is 0.110. The van der Waals surface area contributed by atoms with Crippen molar-refractivity contribution < 1.29 is 18.5 Å². The highest BCUT2D eigenvalue weighted by Gasteiger charge is 2.25. The maximum atomic E-state index is 12.6. The topological polar surface area (TPSA) is 55.8 Å². The third-order valence-electron chi connectivity index (χ3n) is 6.81. The smallest absolute Gasteiger partial charge is 0.302 e. The van der Waals surface area contributed by atoms with Crippen LogP contribution in [0.1, 0.15) is 156 Å². The maximum absolute atomic E-state index is 12.6. The molecular weight excluding hydrogens is 431 g/mol. The first-order valence-electron chi connectivity index (χ1n) is 14.6. The molecule has 0 rings (SSSR count). The number of unbranched alkanes of at least 4 members (excludes halogenated alkanes) is 12. The summed E-state index contributed by atoms with van der Waals surface area (Å²) in [4.78, 5) is 10.3. The van der Waals surface area contributed by atoms with Crippen LogP contribution in [-0.4, -0.2) is 18.1 Å². The van der Waals surface area contributed by atoms with Gasteiger partial charge in [-0.15, -0.1) is 0 Å². The Morgan fingerprint density at radius 3 is 1.18 bits per heavy atom. The summed E-state index contributed by atoms with van der Waals surface area (Å²) in [6, 6.07) is 0. The van der Waals surface area contributed by atoms with E-state index >= 15 is 0 Å². The molecule has 0 spiro atoms. The molecule has 4 nitrogen and oxygen atoms in total. The van der Waals surface area contributed by atoms with Gasteiger partial charge in [0.15, 0.2) is 0 Å². The molecule has 0 radical (unpaired) electrons. The zero-order valence-corrected chi connectivity index (χ0v) is 23.7. The van der Waals surface area contributed by atoms with Gasteiger partial charge in [0, 0.05) is 0 Å². The molecule has 0 aliphatic carbocycles. The SMILES string of the molecule is CCCCCCCCC(CCCC)COP(=O)(O)OCC(CCCC)CCCCCCCC. The Labute approximate surface area is 207 Å². The molecule has 0 saturated carbocycles. The van der Waals surface area contributed by atoms with E-state index in [1.54, 1.807) is 0 Å². The van der Waals surface area contributed by atoms with Gasteiger partial charge in [-0.25, -0.2) is 4.57 Å². The highest BCUT2D eigenvalue weighted by molar-refractivity contribution is 7.47. The molecular formula is C28H59O4P. The van der Waals surface area contributed by atoms with E-state index in [1.165, 1.54) is 77.0 Å². The maximum Gasteiger partial charge on any atom is 0.472 e. The minimum Gasteiger partial charge on any atom is -0.302 e. The number of phosphoric acid groups is 1. The summed E-state index contributed by atoms with van der Waals surface area (Å²) in [7, 11) is -3.97. The normalized spacial score (nSPS) is 15.4. The second-order valence-electron chi connectivity index (χ2n) is 10.2. The molecule has 33 heavy (non-hydrogen) atoms. The third-order valence-corrected chi connectivity index (χ3v) is 7.76. The standard InChI is InChI=1S/C28H59O4P/c1-5-9-13-15-17-19-23-27(21-11-7-3)25-31-33(29,30)32-26-28(22-12-8-4)24-20-18-16-14-10-6-2/h27-28H,5-26H2,1-4H3,(H,29,30). The van der Waals surface area contributed by atoms with E-state index in [2.05, 4.69) is 27.7 Å². The average Bonchev–Trinajstić information content (AvgIpc) is 2.80. The van der Waals surface area contributed by atoms with Gasteiger partial charge < -0.3 is 4.89 Å². The molecule has 0 aromatic rings. The van der Waals surface area contributed by atoms with Crippen LogP contribution in [0.15, 0.2) is 0 Å². The summed E-state index contributed by atoms with van der Waals surface area (Å²) in [6.45, 7) is 9.58. The largest absolute Gasteiger partial charge is 0.472 e. The van der Waals surface area contributed by atoms with Crippen LogP contribution in [-0.2, 0) is 13.6 Å². The van der Waals surface area contributed by atoms with Gasteiger partial charge in [-0.05, 0) is 37.5 Å². The predicted molar refractivity (Wildman–Crippen MR) is 144 cm³/mol. The van der Waals surface area contributed by atoms with Gasteiger partial charge in [-0.1, -0.05) is 130 Å². The van der Waals surface area contributed by atoms with Gasteiger partial charge in [-0.2, -0.15) is 0 Å². The van der Waals surface area contributed by atoms with Gasteiger partial charge in [0.2, 0.25) is 0 Å². The van der Waals surface area contributed by atoms with Gasteiger partial charge in [0.25, 0.3) is 0 Å². The van der Waals surface area contributed by atoms with Crippen LogP contribution in [0, 0.1) is 11.8 Å². The molecule has 2 unspecified atom stereocenters. The molecule has 5 heteroatoms. The lowest BCUT2D eigenvalue weighted by molar-refractivity contribution is 0.107. The summed E-state index contributed by atoms with van der Waals surface area (Å²) in [6.07, 6.45) is 24.3. The van der Waals surface area contributed by atoms with E-state index in [1.807, 2.05) is 0 Å². The first-order chi connectivity index (χ1) is 16.0. The summed E-state index contributed by atoms with van der Waals surface area (Å²) in [5, 5.41) is 0. The van der Waals surface area contributed by atoms with Crippen LogP contribution in [0.25, 0.3) is 0 Å². The van der Waals surface area contributed by atoms with Crippen molar-refractivity contribution in [3.8, 4) is 0 Å². The molecule has 0 bridgehead atoms. The van der Waals surface area contributed by atoms with Crippen molar-refractivity contribution in [2.24, 2.45) is 11.8 Å². The predicted octanol–water partition coefficient (Wildman–Crippen LogP) is 10.2. The van der Waals surface area contributed by atoms with Crippen LogP contribution in [0.3, 0.4) is 0 Å². The molecule has 1 N–H and O–H groups in total. The Morgan fingerprint density at radius 2 is 0.818 bits per heavy atom. The lowest BCUT2D eigenvalue weighted by Gasteiger charge is -2.21. The summed E-state index contributed by atoms with van der Waals surface area (Å²) >= 11 is 0. The molecule has 0 aliphatic rings. The van der Waals surface area contributed by atoms with E-state index in [4.69, 9.17) is 9.05 Å². The summed E-state index contributed by atoms with van der Waals surface area (Å²) in [5.74, 6) is 0.721. The lowest BCUT2D eigenvalue weighted by atomic mass is 9.96. The van der Waals surface area contributed by atoms with Crippen molar-refractivity contribution in [3.63, 3.8) is 0 Å². The van der Waals surface area contributed by atoms with Crippen molar-refractivity contribution in [1.82, 2.24) is 0 Å². The Balaban J connectivity index is 4.36. The summed E-state index contributed by atoms with van der Waals surface area (Å²) in [5.41, 5.74) is 0. The molecule has 0 saturated heterocycles. The molecule has 0 fully saturated rings. The van der Waals surface area contributed by atoms with Gasteiger partial charge in [0.05, 0.1) is 13.2 Å². The van der Waals surface area contributed by atoms with E-state index in [9.17, 15) is 9.46 Å². The third kappa shape index (κ3) is 22.3. The highest BCUT2D eigenvalue weighted by Crippen LogP contribution is 2.45. The zero-order valence-electron chi connectivity index (χ0n) is 22.8. The number of hydrogen-bond donors (Lipinski definition) is 1. The molecule has 0 aromatic heterocycles. The Morgan fingerprint density at radius 1 is 0.515 bits per heavy atom. The van der Waals surface area contributed by atoms with Crippen LogP contribution >= 0.6 is 7.82 Å². The van der Waals surface area contributed by atoms with Crippen LogP contribution in [0.2, 0.25) is 0 Å². The van der Waals surface area contributed by atoms with Crippen molar-refractivity contribution in [1.29, 1.82) is 0 Å². The number of phosphoric ester groups is 1. The van der Waals surface area contributed by atoms with Gasteiger partial charge >= 0.3 is 7.82 Å². The molecule has 2 atom stereocenters. The van der Waals surface area contributed by atoms with Crippen molar-refractivity contribution in [2.75, 3.05) is 13.2 Å². The van der Waals surface area contributed by atoms with Crippen LogP contribution < -0.4 is 0 Å². The Kier molecular flexibility index (Phi) is 23.9. The Bertz CT molecular complexity index is 408. The minimum atomic E-state index is -3.97. The highest BCUT2D eigenvalue weighted by atomic mass is 31.2. The van der Waals surface area contributed by atoms with E-state index < -0.39 is 7.82 Å². The van der Waals surface area contributed by atoms with Crippen molar-refractivity contribution >= 4 is 7.82 Å². The van der Waals surface area contributed by atoms with E-state index in [0.717, 1.165) is 51.4 Å². The molecule has 0 amide bonds. The average molecular weight is 491 g/mol. The number of rotatable bonds is 26. The van der Waals surface area contributed by atoms with Gasteiger partial charge in [-0.3, -0.25) is 9.05 Å². The fourth-order valence-electron chi connectivity index (χ4n) is 4.47. The monoisotopic (exact) mass is 490 g/mol. The molecule has 0 aliphatic heterocycles. The minimum absolute atomic E-state index is 0.347. The summed E-state index contributed by atoms with van der Waals surface area (Å²) < 4.78 is 23.6. The second-order valence-corrected chi connectivity index (χ2v) is 11.6. The van der Waals surface area contributed by atoms with E-state index in [-0.39, 0.29) is 0 Å². The molecule has 0 aromatic carbocycles. The quantitative estimate of drug-likeness (QED) is 0.0967. The van der Waals surface area contributed by atoms with Crippen LogP contribution in [0.4, 0.5) is 0 Å². The first kappa shape index (κ1) is 33.1. The molecule has 200 valence electrons. The van der Waals surface area contributed by atoms with Crippen molar-refractivity contribution in [3.05, 3.63) is 0 Å². The van der Waals surface area contributed by atoms with Crippen LogP contribution in [0.5, 0.6) is 0 Å². The fraction of sp³-hybridized carbons (Fsp3) is 1.00. The fourth-order valence-corrected chi connectivity index (χ4v) is 5.34. The first-order valence-corrected chi connectivity index (χ1v) is 16.1.